The van der Waals surface area contributed by atoms with Gasteiger partial charge in [0.25, 0.3) is 17.7 Å². The molecule has 0 saturated heterocycles. The Hall–Kier alpha value is -7.10. The van der Waals surface area contributed by atoms with Crippen LogP contribution in [0.5, 0.6) is 17.2 Å². The number of ketones is 1. The van der Waals surface area contributed by atoms with E-state index in [9.17, 15) is 38.4 Å². The van der Waals surface area contributed by atoms with Crippen molar-refractivity contribution >= 4 is 47.1 Å². The van der Waals surface area contributed by atoms with Gasteiger partial charge < -0.3 is 65.6 Å². The number of hydrogen-bond donors (Lipinski definition) is 7. The normalized spacial score (nSPS) is 11.0. The van der Waals surface area contributed by atoms with Crippen LogP contribution in [0.15, 0.2) is 72.8 Å². The average Bonchev–Trinajstić information content (AvgIpc) is 3.41. The van der Waals surface area contributed by atoms with Crippen molar-refractivity contribution in [1.29, 1.82) is 0 Å². The van der Waals surface area contributed by atoms with Gasteiger partial charge in [-0.25, -0.2) is 0 Å². The lowest BCUT2D eigenvalue weighted by atomic mass is 10.0. The van der Waals surface area contributed by atoms with Gasteiger partial charge in [-0.2, -0.15) is 0 Å². The number of amides is 7. The van der Waals surface area contributed by atoms with Crippen molar-refractivity contribution in [3.05, 3.63) is 89.5 Å². The van der Waals surface area contributed by atoms with Crippen LogP contribution in [0, 0.1) is 5.92 Å². The molecule has 0 aliphatic rings. The Morgan fingerprint density at radius 1 is 0.400 bits per heavy atom. The summed E-state index contributed by atoms with van der Waals surface area (Å²) in [6.45, 7) is 4.77. The molecule has 7 amide bonds. The maximum absolute atomic E-state index is 13.5. The third-order valence-corrected chi connectivity index (χ3v) is 11.4. The molecule has 75 heavy (non-hydrogen) atoms. The van der Waals surface area contributed by atoms with Crippen molar-refractivity contribution in [2.24, 2.45) is 5.92 Å². The molecule has 0 spiro atoms. The van der Waals surface area contributed by atoms with Crippen LogP contribution in [-0.2, 0) is 38.2 Å². The van der Waals surface area contributed by atoms with Gasteiger partial charge in [-0.1, -0.05) is 13.8 Å². The molecule has 0 unspecified atom stereocenters. The molecule has 0 heterocycles. The van der Waals surface area contributed by atoms with Crippen LogP contribution >= 0.6 is 0 Å². The summed E-state index contributed by atoms with van der Waals surface area (Å²) in [7, 11) is 4.62. The molecule has 0 radical (unpaired) electrons. The SMILES string of the molecule is COc1ccc(C(=O)NCCCNC(=O)CCOCC(COCCC(=O)NCCCNC(=O)c2ccc(OC)cc2)(COCCC(=O)NCCCNC(=O)c2ccc(OC)cc2)NC(=O)CCCC(=O)C(C)C)cc1. The Morgan fingerprint density at radius 2 is 0.707 bits per heavy atom. The van der Waals surface area contributed by atoms with E-state index < -0.39 is 11.4 Å². The summed E-state index contributed by atoms with van der Waals surface area (Å²) < 4.78 is 33.4. The van der Waals surface area contributed by atoms with Gasteiger partial charge in [0.05, 0.1) is 61.0 Å². The van der Waals surface area contributed by atoms with Crippen LogP contribution in [0.3, 0.4) is 0 Å². The van der Waals surface area contributed by atoms with Crippen LogP contribution in [0.25, 0.3) is 0 Å². The molecular formula is C54H77N7O14. The lowest BCUT2D eigenvalue weighted by Gasteiger charge is -2.34. The second kappa shape index (κ2) is 35.9. The van der Waals surface area contributed by atoms with Gasteiger partial charge in [-0.15, -0.1) is 0 Å². The van der Waals surface area contributed by atoms with E-state index in [1.165, 1.54) is 0 Å². The number of nitrogens with one attached hydrogen (secondary N) is 7. The predicted molar refractivity (Wildman–Crippen MR) is 280 cm³/mol. The molecule has 3 aromatic rings. The van der Waals surface area contributed by atoms with Crippen LogP contribution in [0.1, 0.15) is 103 Å². The van der Waals surface area contributed by atoms with Crippen LogP contribution < -0.4 is 51.4 Å². The Balaban J connectivity index is 1.55. The number of Topliss-reactive ketones (excluding diaryl/α,β-unsaturated/α-hetero) is 1. The zero-order chi connectivity index (χ0) is 54.7. The first-order valence-corrected chi connectivity index (χ1v) is 25.3. The smallest absolute Gasteiger partial charge is 0.251 e. The van der Waals surface area contributed by atoms with Gasteiger partial charge in [0.2, 0.25) is 23.6 Å². The lowest BCUT2D eigenvalue weighted by Crippen LogP contribution is -2.58. The van der Waals surface area contributed by atoms with Crippen molar-refractivity contribution in [2.75, 3.05) is 100 Å². The first kappa shape index (κ1) is 62.2. The number of methoxy groups -OCH3 is 3. The maximum atomic E-state index is 13.5. The fraction of sp³-hybridized carbons (Fsp3) is 0.519. The number of ether oxygens (including phenoxy) is 6. The molecule has 0 aromatic heterocycles. The lowest BCUT2D eigenvalue weighted by molar-refractivity contribution is -0.131. The fourth-order valence-corrected chi connectivity index (χ4v) is 6.95. The Morgan fingerprint density at radius 3 is 1.00 bits per heavy atom. The molecular weight excluding hydrogens is 971 g/mol. The highest BCUT2D eigenvalue weighted by Crippen LogP contribution is 2.15. The van der Waals surface area contributed by atoms with Crippen molar-refractivity contribution in [2.45, 2.75) is 77.2 Å². The van der Waals surface area contributed by atoms with Gasteiger partial charge in [-0.05, 0) is 98.5 Å². The topological polar surface area (TPSA) is 276 Å². The quantitative estimate of drug-likeness (QED) is 0.0404. The number of benzene rings is 3. The highest BCUT2D eigenvalue weighted by atomic mass is 16.5. The molecule has 412 valence electrons. The first-order chi connectivity index (χ1) is 36.2. The van der Waals surface area contributed by atoms with Crippen LogP contribution in [-0.4, -0.2) is 153 Å². The van der Waals surface area contributed by atoms with E-state index >= 15 is 0 Å². The van der Waals surface area contributed by atoms with Gasteiger partial charge in [0.1, 0.15) is 28.6 Å². The number of rotatable bonds is 39. The Labute approximate surface area is 440 Å². The van der Waals surface area contributed by atoms with Crippen molar-refractivity contribution < 1.29 is 66.8 Å². The van der Waals surface area contributed by atoms with E-state index in [-0.39, 0.29) is 119 Å². The maximum Gasteiger partial charge on any atom is 0.251 e. The zero-order valence-corrected chi connectivity index (χ0v) is 44.1. The van der Waals surface area contributed by atoms with Gasteiger partial charge in [0.15, 0.2) is 0 Å². The second-order valence-corrected chi connectivity index (χ2v) is 17.8. The zero-order valence-electron chi connectivity index (χ0n) is 44.1. The number of carbonyl (C=O) groups is 8. The molecule has 3 aromatic carbocycles. The minimum absolute atomic E-state index is 0.00901. The third-order valence-electron chi connectivity index (χ3n) is 11.4. The number of hydrogen-bond acceptors (Lipinski definition) is 14. The number of carbonyl (C=O) groups excluding carboxylic acids is 8. The van der Waals surface area contributed by atoms with Gasteiger partial charge >= 0.3 is 0 Å². The standard InChI is InChI=1S/C54H77N7O14/c1-39(2)46(62)10-6-11-50(66)61-54(36-73-33-24-47(63)55-27-7-30-58-51(67)40-12-18-43(70-3)19-13-40,37-74-34-25-48(64)56-28-8-31-59-52(68)41-14-20-44(71-4)21-15-41)38-75-35-26-49(65)57-29-9-32-60-53(69)42-16-22-45(72-5)23-17-42/h12-23,39H,6-11,24-38H2,1-5H3,(H,55,63)(H,56,64)(H,57,65)(H,58,67)(H,59,68)(H,60,69)(H,61,66). The van der Waals surface area contributed by atoms with Gasteiger partial charge in [-0.3, -0.25) is 38.4 Å². The van der Waals surface area contributed by atoms with E-state index in [0.717, 1.165) is 0 Å². The highest BCUT2D eigenvalue weighted by Gasteiger charge is 2.34. The Kier molecular flexibility index (Phi) is 29.8. The van der Waals surface area contributed by atoms with E-state index in [4.69, 9.17) is 28.4 Å². The minimum atomic E-state index is -1.35. The Bertz CT molecular complexity index is 2010. The van der Waals surface area contributed by atoms with E-state index in [0.29, 0.717) is 98.9 Å². The van der Waals surface area contributed by atoms with Crippen LogP contribution in [0.4, 0.5) is 0 Å². The monoisotopic (exact) mass is 1050 g/mol. The van der Waals surface area contributed by atoms with E-state index in [2.05, 4.69) is 37.2 Å². The van der Waals surface area contributed by atoms with Crippen LogP contribution in [0.2, 0.25) is 0 Å². The molecule has 0 atom stereocenters. The average molecular weight is 1050 g/mol. The summed E-state index contributed by atoms with van der Waals surface area (Å²) in [5.41, 5.74) is 0.0838. The minimum Gasteiger partial charge on any atom is -0.497 e. The molecule has 21 nitrogen and oxygen atoms in total. The molecule has 3 rings (SSSR count). The van der Waals surface area contributed by atoms with E-state index in [1.54, 1.807) is 108 Å². The summed E-state index contributed by atoms with van der Waals surface area (Å²) in [5, 5.41) is 19.8. The molecule has 0 aliphatic carbocycles. The highest BCUT2D eigenvalue weighted by molar-refractivity contribution is 5.95. The molecule has 0 aliphatic heterocycles. The van der Waals surface area contributed by atoms with E-state index in [1.807, 2.05) is 0 Å². The second-order valence-electron chi connectivity index (χ2n) is 17.8. The summed E-state index contributed by atoms with van der Waals surface area (Å²) in [6.07, 6.45) is 1.85. The third kappa shape index (κ3) is 26.1. The fourth-order valence-electron chi connectivity index (χ4n) is 6.95. The first-order valence-electron chi connectivity index (χ1n) is 25.3. The van der Waals surface area contributed by atoms with Crippen molar-refractivity contribution in [3.8, 4) is 17.2 Å². The van der Waals surface area contributed by atoms with Crippen molar-refractivity contribution in [1.82, 2.24) is 37.2 Å². The molecule has 0 saturated carbocycles. The molecule has 0 bridgehead atoms. The molecule has 7 N–H and O–H groups in total. The molecule has 21 heteroatoms. The van der Waals surface area contributed by atoms with Crippen molar-refractivity contribution in [3.63, 3.8) is 0 Å². The summed E-state index contributed by atoms with van der Waals surface area (Å²) in [6, 6.07) is 20.1. The molecule has 0 fully saturated rings. The summed E-state index contributed by atoms with van der Waals surface area (Å²) in [5.74, 6) is -0.326. The van der Waals surface area contributed by atoms with Gasteiger partial charge in [0, 0.05) is 94.0 Å². The largest absolute Gasteiger partial charge is 0.497 e. The predicted octanol–water partition coefficient (Wildman–Crippen LogP) is 3.29. The summed E-state index contributed by atoms with van der Waals surface area (Å²) in [4.78, 5) is 102. The summed E-state index contributed by atoms with van der Waals surface area (Å²) >= 11 is 0.